The van der Waals surface area contributed by atoms with Gasteiger partial charge in [0.1, 0.15) is 23.8 Å². The molecule has 0 radical (unpaired) electrons. The van der Waals surface area contributed by atoms with Gasteiger partial charge in [0.2, 0.25) is 5.95 Å². The zero-order chi connectivity index (χ0) is 29.9. The molecule has 1 aromatic heterocycles. The number of anilines is 3. The van der Waals surface area contributed by atoms with Gasteiger partial charge < -0.3 is 34.3 Å². The van der Waals surface area contributed by atoms with Crippen molar-refractivity contribution in [2.75, 3.05) is 17.2 Å². The Morgan fingerprint density at radius 1 is 1.07 bits per heavy atom. The number of nitrogens with zero attached hydrogens (tertiary/aromatic N) is 2. The number of rotatable bonds is 5. The maximum absolute atomic E-state index is 13.8. The molecule has 3 saturated heterocycles. The van der Waals surface area contributed by atoms with E-state index >= 15 is 0 Å². The zero-order valence-corrected chi connectivity index (χ0v) is 23.9. The van der Waals surface area contributed by atoms with Crippen molar-refractivity contribution in [1.82, 2.24) is 9.97 Å². The number of carbonyl (C=O) groups is 1. The van der Waals surface area contributed by atoms with E-state index in [1.807, 2.05) is 6.07 Å². The molecule has 3 aliphatic rings. The minimum atomic E-state index is -1.80. The SMILES string of the molecule is CC1(C)OC[C@@H]2OC3(C(=O)Nc4cccc(-c5nc(Nc6ccc(Cl)cc6)[nH]c(=O)c5C#N)c4)OC(C)(C)O[C@H]3C2O1. The molecule has 2 unspecified atom stereocenters. The highest BCUT2D eigenvalue weighted by molar-refractivity contribution is 6.30. The van der Waals surface area contributed by atoms with Crippen LogP contribution in [0.25, 0.3) is 11.3 Å². The van der Waals surface area contributed by atoms with E-state index in [1.54, 1.807) is 76.2 Å². The Bertz CT molecular complexity index is 1650. The van der Waals surface area contributed by atoms with Gasteiger partial charge in [0, 0.05) is 22.0 Å². The number of fused-ring (bicyclic) bond motifs is 3. The zero-order valence-electron chi connectivity index (χ0n) is 23.2. The summed E-state index contributed by atoms with van der Waals surface area (Å²) in [5.41, 5.74) is 0.726. The normalized spacial score (nSPS) is 27.0. The third-order valence-corrected chi connectivity index (χ3v) is 7.29. The van der Waals surface area contributed by atoms with Crippen molar-refractivity contribution in [2.24, 2.45) is 0 Å². The molecule has 3 N–H and O–H groups in total. The van der Waals surface area contributed by atoms with Gasteiger partial charge in [-0.15, -0.1) is 0 Å². The van der Waals surface area contributed by atoms with Crippen LogP contribution in [0.5, 0.6) is 0 Å². The summed E-state index contributed by atoms with van der Waals surface area (Å²) in [5.74, 6) is -4.28. The summed E-state index contributed by atoms with van der Waals surface area (Å²) in [4.78, 5) is 33.7. The standard InChI is InChI=1S/C29H28ClN5O7/c1-27(2)38-14-20-22(40-27)23-29(39-20,42-28(3,4)41-23)25(37)32-18-7-5-6-15(12-18)21-19(13-31)24(36)35-26(34-21)33-17-10-8-16(30)9-11-17/h5-12,20,22-23H,14H2,1-4H3,(H,32,37)(H2,33,34,35,36)/t20-,22?,23-,29?/m0/s1. The number of aromatic amines is 1. The van der Waals surface area contributed by atoms with Gasteiger partial charge in [-0.05, 0) is 64.1 Å². The van der Waals surface area contributed by atoms with E-state index in [0.717, 1.165) is 0 Å². The van der Waals surface area contributed by atoms with Crippen molar-refractivity contribution in [3.05, 3.63) is 69.5 Å². The summed E-state index contributed by atoms with van der Waals surface area (Å²) < 4.78 is 30.2. The van der Waals surface area contributed by atoms with Crippen LogP contribution >= 0.6 is 11.6 Å². The molecule has 13 heteroatoms. The summed E-state index contributed by atoms with van der Waals surface area (Å²) in [5, 5.41) is 16.1. The molecule has 42 heavy (non-hydrogen) atoms. The Morgan fingerprint density at radius 3 is 2.57 bits per heavy atom. The van der Waals surface area contributed by atoms with Gasteiger partial charge in [-0.2, -0.15) is 5.26 Å². The van der Waals surface area contributed by atoms with Crippen molar-refractivity contribution in [3.63, 3.8) is 0 Å². The minimum absolute atomic E-state index is 0.123. The number of nitriles is 1. The van der Waals surface area contributed by atoms with E-state index in [4.69, 9.17) is 35.3 Å². The number of hydrogen-bond acceptors (Lipinski definition) is 10. The van der Waals surface area contributed by atoms with Gasteiger partial charge in [-0.25, -0.2) is 4.98 Å². The van der Waals surface area contributed by atoms with Crippen molar-refractivity contribution < 1.29 is 28.5 Å². The molecule has 0 aliphatic carbocycles. The second kappa shape index (κ2) is 10.2. The van der Waals surface area contributed by atoms with E-state index in [9.17, 15) is 14.9 Å². The summed E-state index contributed by atoms with van der Waals surface area (Å²) >= 11 is 5.96. The Hall–Kier alpha value is -3.83. The molecule has 1 amide bonds. The first-order chi connectivity index (χ1) is 19.9. The van der Waals surface area contributed by atoms with Gasteiger partial charge in [0.15, 0.2) is 17.7 Å². The minimum Gasteiger partial charge on any atom is -0.348 e. The number of amides is 1. The quantitative estimate of drug-likeness (QED) is 0.394. The van der Waals surface area contributed by atoms with E-state index in [1.165, 1.54) is 0 Å². The topological polar surface area (TPSA) is 157 Å². The van der Waals surface area contributed by atoms with Crippen LogP contribution in [0.15, 0.2) is 53.3 Å². The number of benzene rings is 2. The fraction of sp³-hybridized carbons (Fsp3) is 0.379. The molecule has 218 valence electrons. The molecule has 4 atom stereocenters. The number of hydrogen-bond donors (Lipinski definition) is 3. The van der Waals surface area contributed by atoms with Crippen molar-refractivity contribution in [2.45, 2.75) is 63.4 Å². The average Bonchev–Trinajstić information content (AvgIpc) is 3.37. The van der Waals surface area contributed by atoms with E-state index in [2.05, 4.69) is 20.6 Å². The highest BCUT2D eigenvalue weighted by Crippen LogP contribution is 2.49. The second-order valence-corrected chi connectivity index (χ2v) is 11.5. The number of ether oxygens (including phenoxy) is 5. The monoisotopic (exact) mass is 593 g/mol. The lowest BCUT2D eigenvalue weighted by molar-refractivity contribution is -0.324. The fourth-order valence-corrected chi connectivity index (χ4v) is 5.44. The summed E-state index contributed by atoms with van der Waals surface area (Å²) in [6, 6.07) is 15.3. The summed E-state index contributed by atoms with van der Waals surface area (Å²) in [7, 11) is 0. The van der Waals surface area contributed by atoms with Crippen LogP contribution in [0.4, 0.5) is 17.3 Å². The van der Waals surface area contributed by atoms with Crippen LogP contribution in [-0.2, 0) is 28.5 Å². The van der Waals surface area contributed by atoms with E-state index in [0.29, 0.717) is 22.0 Å². The number of nitrogens with one attached hydrogen (secondary N) is 3. The molecular formula is C29H28ClN5O7. The van der Waals surface area contributed by atoms with E-state index < -0.39 is 47.1 Å². The van der Waals surface area contributed by atoms with Gasteiger partial charge in [0.05, 0.1) is 12.3 Å². The Morgan fingerprint density at radius 2 is 1.83 bits per heavy atom. The average molecular weight is 594 g/mol. The maximum atomic E-state index is 13.8. The van der Waals surface area contributed by atoms with Crippen LogP contribution in [0.3, 0.4) is 0 Å². The third kappa shape index (κ3) is 5.15. The molecule has 3 aliphatic heterocycles. The third-order valence-electron chi connectivity index (χ3n) is 7.04. The smallest absolute Gasteiger partial charge is 0.287 e. The van der Waals surface area contributed by atoms with Crippen molar-refractivity contribution in [1.29, 1.82) is 5.26 Å². The van der Waals surface area contributed by atoms with Crippen LogP contribution in [0.2, 0.25) is 5.02 Å². The van der Waals surface area contributed by atoms with Gasteiger partial charge in [-0.1, -0.05) is 23.7 Å². The molecule has 2 aromatic carbocycles. The molecule has 3 aromatic rings. The van der Waals surface area contributed by atoms with Gasteiger partial charge in [0.25, 0.3) is 17.3 Å². The number of aromatic nitrogens is 2. The molecule has 0 saturated carbocycles. The highest BCUT2D eigenvalue weighted by atomic mass is 35.5. The molecule has 3 fully saturated rings. The van der Waals surface area contributed by atoms with Crippen LogP contribution < -0.4 is 16.2 Å². The maximum Gasteiger partial charge on any atom is 0.287 e. The van der Waals surface area contributed by atoms with Crippen molar-refractivity contribution in [3.8, 4) is 17.3 Å². The molecular weight excluding hydrogens is 566 g/mol. The Balaban J connectivity index is 1.30. The van der Waals surface area contributed by atoms with Gasteiger partial charge >= 0.3 is 0 Å². The number of halogens is 1. The first kappa shape index (κ1) is 28.3. The van der Waals surface area contributed by atoms with Crippen LogP contribution in [0.1, 0.15) is 33.3 Å². The van der Waals surface area contributed by atoms with Crippen LogP contribution in [0, 0.1) is 11.3 Å². The fourth-order valence-electron chi connectivity index (χ4n) is 5.31. The summed E-state index contributed by atoms with van der Waals surface area (Å²) in [6.07, 6.45) is -2.04. The lowest BCUT2D eigenvalue weighted by Gasteiger charge is -2.38. The predicted molar refractivity (Wildman–Crippen MR) is 151 cm³/mol. The molecule has 4 heterocycles. The summed E-state index contributed by atoms with van der Waals surface area (Å²) in [6.45, 7) is 7.15. The van der Waals surface area contributed by atoms with Crippen molar-refractivity contribution >= 4 is 34.8 Å². The second-order valence-electron chi connectivity index (χ2n) is 11.1. The number of H-pyrrole nitrogens is 1. The molecule has 12 nitrogen and oxygen atoms in total. The first-order valence-electron chi connectivity index (χ1n) is 13.2. The van der Waals surface area contributed by atoms with Crippen LogP contribution in [-0.4, -0.2) is 58.2 Å². The molecule has 6 rings (SSSR count). The number of carbonyl (C=O) groups excluding carboxylic acids is 1. The molecule has 0 spiro atoms. The van der Waals surface area contributed by atoms with Gasteiger partial charge in [-0.3, -0.25) is 14.6 Å². The van der Waals surface area contributed by atoms with E-state index in [-0.39, 0.29) is 23.8 Å². The Labute approximate surface area is 245 Å². The largest absolute Gasteiger partial charge is 0.348 e. The first-order valence-corrected chi connectivity index (χ1v) is 13.6. The lowest BCUT2D eigenvalue weighted by atomic mass is 10.0. The molecule has 0 bridgehead atoms. The predicted octanol–water partition coefficient (Wildman–Crippen LogP) is 4.04. The Kier molecular flexibility index (Phi) is 6.85. The lowest BCUT2D eigenvalue weighted by Crippen LogP contribution is -2.53. The highest BCUT2D eigenvalue weighted by Gasteiger charge is 2.71.